The number of fused-ring (bicyclic) bond motifs is 1. The van der Waals surface area contributed by atoms with E-state index in [2.05, 4.69) is 4.98 Å². The third kappa shape index (κ3) is 1.78. The lowest BCUT2D eigenvalue weighted by atomic mass is 10.1. The fraction of sp³-hybridized carbons (Fsp3) is 0.0714. The van der Waals surface area contributed by atoms with Crippen LogP contribution in [0.3, 0.4) is 0 Å². The molecule has 0 unspecified atom stereocenters. The number of imidazole rings is 1. The van der Waals surface area contributed by atoms with Crippen LogP contribution in [0.1, 0.15) is 11.4 Å². The van der Waals surface area contributed by atoms with Crippen LogP contribution in [0.25, 0.3) is 5.52 Å². The summed E-state index contributed by atoms with van der Waals surface area (Å²) in [5, 5.41) is 19.1. The van der Waals surface area contributed by atoms with Crippen LogP contribution in [-0.2, 0) is 6.42 Å². The minimum atomic E-state index is 0.179. The molecule has 18 heavy (non-hydrogen) atoms. The van der Waals surface area contributed by atoms with Crippen molar-refractivity contribution in [2.75, 3.05) is 0 Å². The number of phenolic OH excluding ortho intramolecular Hbond substituents is 1. The molecule has 90 valence electrons. The van der Waals surface area contributed by atoms with E-state index in [1.807, 2.05) is 18.2 Å². The Morgan fingerprint density at radius 1 is 1.00 bits per heavy atom. The largest absolute Gasteiger partial charge is 0.508 e. The maximum Gasteiger partial charge on any atom is 0.197 e. The zero-order valence-corrected chi connectivity index (χ0v) is 9.61. The lowest BCUT2D eigenvalue weighted by molar-refractivity contribution is 0.443. The van der Waals surface area contributed by atoms with E-state index in [0.717, 1.165) is 16.9 Å². The molecule has 0 aliphatic rings. The van der Waals surface area contributed by atoms with Gasteiger partial charge in [0, 0.05) is 6.42 Å². The molecule has 0 saturated heterocycles. The van der Waals surface area contributed by atoms with Gasteiger partial charge < -0.3 is 10.2 Å². The van der Waals surface area contributed by atoms with Crippen molar-refractivity contribution in [3.8, 4) is 11.6 Å². The van der Waals surface area contributed by atoms with E-state index in [0.29, 0.717) is 6.42 Å². The molecule has 0 saturated carbocycles. The van der Waals surface area contributed by atoms with Crippen LogP contribution in [0.2, 0.25) is 0 Å². The van der Waals surface area contributed by atoms with Crippen molar-refractivity contribution in [2.45, 2.75) is 6.42 Å². The van der Waals surface area contributed by atoms with E-state index in [1.165, 1.54) is 0 Å². The molecule has 0 bridgehead atoms. The number of hydrogen-bond donors (Lipinski definition) is 2. The summed E-state index contributed by atoms with van der Waals surface area (Å²) in [7, 11) is 0. The number of benzene rings is 1. The molecule has 2 N–H and O–H groups in total. The lowest BCUT2D eigenvalue weighted by Crippen LogP contribution is -1.96. The molecule has 2 heterocycles. The number of aromatic hydroxyl groups is 2. The van der Waals surface area contributed by atoms with Crippen LogP contribution in [0.15, 0.2) is 48.7 Å². The fourth-order valence-corrected chi connectivity index (χ4v) is 2.02. The predicted molar refractivity (Wildman–Crippen MR) is 67.8 cm³/mol. The molecule has 0 fully saturated rings. The first-order chi connectivity index (χ1) is 8.74. The Balaban J connectivity index is 2.02. The van der Waals surface area contributed by atoms with Gasteiger partial charge in [-0.2, -0.15) is 0 Å². The molecule has 0 aliphatic heterocycles. The third-order valence-corrected chi connectivity index (χ3v) is 2.90. The summed E-state index contributed by atoms with van der Waals surface area (Å²) in [4.78, 5) is 4.31. The maximum atomic E-state index is 9.85. The van der Waals surface area contributed by atoms with E-state index < -0.39 is 0 Å². The van der Waals surface area contributed by atoms with Gasteiger partial charge in [-0.15, -0.1) is 0 Å². The molecule has 0 amide bonds. The van der Waals surface area contributed by atoms with Gasteiger partial charge in [-0.05, 0) is 29.8 Å². The highest BCUT2D eigenvalue weighted by molar-refractivity contribution is 5.49. The van der Waals surface area contributed by atoms with Crippen LogP contribution < -0.4 is 0 Å². The molecule has 1 aromatic carbocycles. The van der Waals surface area contributed by atoms with Gasteiger partial charge in [0.2, 0.25) is 0 Å². The molecule has 0 spiro atoms. The van der Waals surface area contributed by atoms with Gasteiger partial charge in [-0.3, -0.25) is 4.40 Å². The van der Waals surface area contributed by atoms with Gasteiger partial charge in [0.15, 0.2) is 5.88 Å². The smallest absolute Gasteiger partial charge is 0.197 e. The van der Waals surface area contributed by atoms with E-state index in [4.69, 9.17) is 0 Å². The minimum absolute atomic E-state index is 0.179. The quantitative estimate of drug-likeness (QED) is 0.722. The number of hydrogen-bond acceptors (Lipinski definition) is 3. The Bertz CT molecular complexity index is 687. The summed E-state index contributed by atoms with van der Waals surface area (Å²) in [6, 6.07) is 12.3. The number of nitrogens with zero attached hydrogens (tertiary/aromatic N) is 2. The van der Waals surface area contributed by atoms with E-state index in [-0.39, 0.29) is 11.6 Å². The monoisotopic (exact) mass is 240 g/mol. The minimum Gasteiger partial charge on any atom is -0.508 e. The Morgan fingerprint density at radius 2 is 1.78 bits per heavy atom. The fourth-order valence-electron chi connectivity index (χ4n) is 2.02. The van der Waals surface area contributed by atoms with Gasteiger partial charge in [-0.25, -0.2) is 4.98 Å². The summed E-state index contributed by atoms with van der Waals surface area (Å²) in [6.07, 6.45) is 2.33. The van der Waals surface area contributed by atoms with Gasteiger partial charge in [0.1, 0.15) is 11.6 Å². The number of phenols is 1. The molecule has 0 atom stereocenters. The molecule has 2 aromatic heterocycles. The van der Waals surface area contributed by atoms with Crippen molar-refractivity contribution in [1.82, 2.24) is 9.38 Å². The zero-order valence-electron chi connectivity index (χ0n) is 9.61. The second kappa shape index (κ2) is 4.07. The highest BCUT2D eigenvalue weighted by Gasteiger charge is 2.07. The summed E-state index contributed by atoms with van der Waals surface area (Å²) < 4.78 is 1.72. The van der Waals surface area contributed by atoms with Crippen molar-refractivity contribution in [1.29, 1.82) is 0 Å². The molecular formula is C14H12N2O2. The van der Waals surface area contributed by atoms with Crippen molar-refractivity contribution in [3.05, 3.63) is 60.0 Å². The molecular weight excluding hydrogens is 228 g/mol. The maximum absolute atomic E-state index is 9.85. The predicted octanol–water partition coefficient (Wildman–Crippen LogP) is 2.34. The van der Waals surface area contributed by atoms with Crippen molar-refractivity contribution in [2.24, 2.45) is 0 Å². The highest BCUT2D eigenvalue weighted by atomic mass is 16.3. The van der Waals surface area contributed by atoms with Crippen molar-refractivity contribution < 1.29 is 10.2 Å². The average molecular weight is 240 g/mol. The van der Waals surface area contributed by atoms with Crippen LogP contribution >= 0.6 is 0 Å². The summed E-state index contributed by atoms with van der Waals surface area (Å²) in [6.45, 7) is 0. The Morgan fingerprint density at radius 3 is 2.56 bits per heavy atom. The topological polar surface area (TPSA) is 57.8 Å². The second-order valence-electron chi connectivity index (χ2n) is 4.16. The van der Waals surface area contributed by atoms with Gasteiger partial charge >= 0.3 is 0 Å². The molecule has 4 heteroatoms. The number of aromatic nitrogens is 2. The van der Waals surface area contributed by atoms with Gasteiger partial charge in [0.25, 0.3) is 0 Å². The number of pyridine rings is 1. The van der Waals surface area contributed by atoms with Crippen LogP contribution in [-0.4, -0.2) is 19.6 Å². The van der Waals surface area contributed by atoms with Crippen LogP contribution in [0.5, 0.6) is 11.6 Å². The third-order valence-electron chi connectivity index (χ3n) is 2.90. The molecule has 4 nitrogen and oxygen atoms in total. The molecule has 0 aliphatic carbocycles. The highest BCUT2D eigenvalue weighted by Crippen LogP contribution is 2.19. The summed E-state index contributed by atoms with van der Waals surface area (Å²) >= 11 is 0. The second-order valence-corrected chi connectivity index (χ2v) is 4.16. The van der Waals surface area contributed by atoms with Crippen molar-refractivity contribution in [3.63, 3.8) is 0 Å². The Kier molecular flexibility index (Phi) is 2.41. The van der Waals surface area contributed by atoms with Crippen molar-refractivity contribution >= 4 is 5.52 Å². The van der Waals surface area contributed by atoms with Gasteiger partial charge in [0.05, 0.1) is 11.7 Å². The SMILES string of the molecule is Oc1ccc(Cc2ncc3cccc(O)n23)cc1. The first-order valence-corrected chi connectivity index (χ1v) is 5.66. The Labute approximate surface area is 104 Å². The van der Waals surface area contributed by atoms with E-state index >= 15 is 0 Å². The first-order valence-electron chi connectivity index (χ1n) is 5.66. The molecule has 3 rings (SSSR count). The summed E-state index contributed by atoms with van der Waals surface area (Å²) in [5.41, 5.74) is 1.90. The lowest BCUT2D eigenvalue weighted by Gasteiger charge is -2.04. The average Bonchev–Trinajstić information content (AvgIpc) is 2.77. The van der Waals surface area contributed by atoms with E-state index in [9.17, 15) is 10.2 Å². The number of rotatable bonds is 2. The van der Waals surface area contributed by atoms with E-state index in [1.54, 1.807) is 34.9 Å². The summed E-state index contributed by atoms with van der Waals surface area (Å²) in [5.74, 6) is 1.20. The zero-order chi connectivity index (χ0) is 12.5. The van der Waals surface area contributed by atoms with Gasteiger partial charge in [-0.1, -0.05) is 18.2 Å². The normalized spacial score (nSPS) is 10.9. The molecule has 3 aromatic rings. The molecule has 0 radical (unpaired) electrons. The van der Waals surface area contributed by atoms with Crippen LogP contribution in [0, 0.1) is 0 Å². The Hall–Kier alpha value is -2.49. The van der Waals surface area contributed by atoms with Crippen LogP contribution in [0.4, 0.5) is 0 Å². The first kappa shape index (κ1) is 10.7. The standard InChI is InChI=1S/C14H12N2O2/c17-12-6-4-10(5-7-12)8-13-15-9-11-2-1-3-14(18)16(11)13/h1-7,9,17-18H,8H2.